The Kier molecular flexibility index (Phi) is 2.64. The number of hydrogen-bond donors (Lipinski definition) is 1. The molecular formula is C10H12N4S. The first-order valence-corrected chi connectivity index (χ1v) is 5.16. The molecule has 2 rings (SSSR count). The largest absolute Gasteiger partial charge is 0.238 e. The summed E-state index contributed by atoms with van der Waals surface area (Å²) in [7, 11) is 0. The van der Waals surface area contributed by atoms with E-state index >= 15 is 0 Å². The highest BCUT2D eigenvalue weighted by Gasteiger charge is 2.11. The molecule has 1 aromatic carbocycles. The summed E-state index contributed by atoms with van der Waals surface area (Å²) in [6.45, 7) is 4.15. The number of rotatable bonds is 2. The van der Waals surface area contributed by atoms with Gasteiger partial charge >= 0.3 is 0 Å². The number of aromatic nitrogens is 4. The Balaban J connectivity index is 2.45. The molecule has 0 radical (unpaired) electrons. The molecule has 0 fully saturated rings. The third-order valence-corrected chi connectivity index (χ3v) is 2.80. The minimum atomic E-state index is 0.133. The molecule has 5 heteroatoms. The zero-order valence-corrected chi connectivity index (χ0v) is 9.45. The van der Waals surface area contributed by atoms with Crippen LogP contribution < -0.4 is 0 Å². The molecule has 15 heavy (non-hydrogen) atoms. The lowest BCUT2D eigenvalue weighted by atomic mass is 10.0. The Bertz CT molecular complexity index is 514. The first-order chi connectivity index (χ1) is 7.20. The highest BCUT2D eigenvalue weighted by atomic mass is 32.1. The number of tetrazole rings is 1. The number of aromatic amines is 1. The van der Waals surface area contributed by atoms with Crippen LogP contribution in [-0.4, -0.2) is 20.2 Å². The Morgan fingerprint density at radius 1 is 1.40 bits per heavy atom. The van der Waals surface area contributed by atoms with Crippen LogP contribution in [0.25, 0.3) is 0 Å². The summed E-state index contributed by atoms with van der Waals surface area (Å²) < 4.78 is 2.25. The van der Waals surface area contributed by atoms with Crippen molar-refractivity contribution in [3.8, 4) is 0 Å². The zero-order valence-electron chi connectivity index (χ0n) is 8.64. The second-order valence-corrected chi connectivity index (χ2v) is 3.85. The third kappa shape index (κ3) is 1.83. The van der Waals surface area contributed by atoms with E-state index in [-0.39, 0.29) is 6.04 Å². The predicted molar refractivity (Wildman–Crippen MR) is 60.2 cm³/mol. The van der Waals surface area contributed by atoms with Gasteiger partial charge in [0.15, 0.2) is 0 Å². The molecular weight excluding hydrogens is 208 g/mol. The molecule has 0 bridgehead atoms. The van der Waals surface area contributed by atoms with Gasteiger partial charge in [0.25, 0.3) is 0 Å². The van der Waals surface area contributed by atoms with E-state index in [0.29, 0.717) is 4.77 Å². The average Bonchev–Trinajstić information content (AvgIpc) is 2.64. The van der Waals surface area contributed by atoms with E-state index in [2.05, 4.69) is 41.5 Å². The average molecular weight is 220 g/mol. The maximum atomic E-state index is 5.06. The number of hydrogen-bond acceptors (Lipinski definition) is 3. The highest BCUT2D eigenvalue weighted by Crippen LogP contribution is 2.19. The Labute approximate surface area is 92.9 Å². The highest BCUT2D eigenvalue weighted by molar-refractivity contribution is 7.71. The first kappa shape index (κ1) is 10.0. The Morgan fingerprint density at radius 3 is 2.73 bits per heavy atom. The first-order valence-electron chi connectivity index (χ1n) is 4.75. The lowest BCUT2D eigenvalue weighted by Crippen LogP contribution is -2.10. The molecule has 0 saturated heterocycles. The minimum absolute atomic E-state index is 0.133. The molecule has 0 aliphatic rings. The smallest absolute Gasteiger partial charge is 0.235 e. The number of nitrogens with one attached hydrogen (secondary N) is 1. The molecule has 1 N–H and O–H groups in total. The maximum absolute atomic E-state index is 5.06. The Hall–Kier alpha value is -1.49. The second-order valence-electron chi connectivity index (χ2n) is 3.49. The van der Waals surface area contributed by atoms with E-state index in [1.165, 1.54) is 11.1 Å². The van der Waals surface area contributed by atoms with Gasteiger partial charge in [0.1, 0.15) is 0 Å². The lowest BCUT2D eigenvalue weighted by molar-refractivity contribution is 0.535. The summed E-state index contributed by atoms with van der Waals surface area (Å²) in [6.07, 6.45) is 0. The van der Waals surface area contributed by atoms with Crippen molar-refractivity contribution in [3.63, 3.8) is 0 Å². The molecule has 1 atom stereocenters. The van der Waals surface area contributed by atoms with Crippen LogP contribution in [-0.2, 0) is 0 Å². The fraction of sp³-hybridized carbons (Fsp3) is 0.300. The van der Waals surface area contributed by atoms with E-state index in [9.17, 15) is 0 Å². The van der Waals surface area contributed by atoms with Crippen molar-refractivity contribution >= 4 is 12.2 Å². The van der Waals surface area contributed by atoms with Gasteiger partial charge in [-0.25, -0.2) is 4.68 Å². The van der Waals surface area contributed by atoms with Gasteiger partial charge in [0.05, 0.1) is 6.04 Å². The molecule has 1 aromatic heterocycles. The summed E-state index contributed by atoms with van der Waals surface area (Å²) in [5.41, 5.74) is 2.46. The van der Waals surface area contributed by atoms with Gasteiger partial charge in [-0.3, -0.25) is 0 Å². The van der Waals surface area contributed by atoms with Gasteiger partial charge in [-0.1, -0.05) is 34.6 Å². The van der Waals surface area contributed by atoms with Crippen LogP contribution in [0.5, 0.6) is 0 Å². The summed E-state index contributed by atoms with van der Waals surface area (Å²) in [5, 5.41) is 10.2. The molecule has 0 spiro atoms. The summed E-state index contributed by atoms with van der Waals surface area (Å²) in [6, 6.07) is 8.35. The fourth-order valence-electron chi connectivity index (χ4n) is 1.65. The molecule has 1 heterocycles. The SMILES string of the molecule is Cc1ccccc1C(C)n1[nH]nnc1=S. The van der Waals surface area contributed by atoms with Crippen LogP contribution in [0.3, 0.4) is 0 Å². The van der Waals surface area contributed by atoms with Crippen molar-refractivity contribution in [3.05, 3.63) is 40.2 Å². The molecule has 4 nitrogen and oxygen atoms in total. The van der Waals surface area contributed by atoms with Crippen LogP contribution in [0.4, 0.5) is 0 Å². The third-order valence-electron chi connectivity index (χ3n) is 2.52. The number of aryl methyl sites for hydroxylation is 1. The van der Waals surface area contributed by atoms with E-state index in [4.69, 9.17) is 12.2 Å². The fourth-order valence-corrected chi connectivity index (χ4v) is 1.89. The van der Waals surface area contributed by atoms with E-state index in [1.807, 2.05) is 12.1 Å². The Morgan fingerprint density at radius 2 is 2.13 bits per heavy atom. The van der Waals surface area contributed by atoms with E-state index < -0.39 is 0 Å². The van der Waals surface area contributed by atoms with Gasteiger partial charge in [0, 0.05) is 0 Å². The molecule has 0 amide bonds. The van der Waals surface area contributed by atoms with Crippen LogP contribution in [0.2, 0.25) is 0 Å². The van der Waals surface area contributed by atoms with Gasteiger partial charge in [0.2, 0.25) is 4.77 Å². The number of benzene rings is 1. The van der Waals surface area contributed by atoms with Crippen molar-refractivity contribution in [2.24, 2.45) is 0 Å². The minimum Gasteiger partial charge on any atom is -0.235 e. The standard InChI is InChI=1S/C10H12N4S/c1-7-5-3-4-6-9(7)8(2)14-10(15)11-12-13-14/h3-6,8H,1-2H3,(H,11,13,15). The topological polar surface area (TPSA) is 46.5 Å². The molecule has 0 saturated carbocycles. The zero-order chi connectivity index (χ0) is 10.8. The molecule has 1 unspecified atom stereocenters. The lowest BCUT2D eigenvalue weighted by Gasteiger charge is -2.14. The summed E-state index contributed by atoms with van der Waals surface area (Å²) >= 11 is 5.06. The van der Waals surface area contributed by atoms with Gasteiger partial charge in [-0.2, -0.15) is 5.21 Å². The van der Waals surface area contributed by atoms with Crippen molar-refractivity contribution in [2.45, 2.75) is 19.9 Å². The molecule has 2 aromatic rings. The van der Waals surface area contributed by atoms with Crippen LogP contribution in [0, 0.1) is 11.7 Å². The second kappa shape index (κ2) is 3.94. The van der Waals surface area contributed by atoms with Gasteiger partial charge in [-0.05, 0) is 37.2 Å². The molecule has 0 aliphatic carbocycles. The van der Waals surface area contributed by atoms with E-state index in [0.717, 1.165) is 0 Å². The predicted octanol–water partition coefficient (Wildman–Crippen LogP) is 2.25. The van der Waals surface area contributed by atoms with Crippen molar-refractivity contribution in [2.75, 3.05) is 0 Å². The van der Waals surface area contributed by atoms with E-state index in [1.54, 1.807) is 4.68 Å². The van der Waals surface area contributed by atoms with Crippen LogP contribution >= 0.6 is 12.2 Å². The summed E-state index contributed by atoms with van der Waals surface area (Å²) in [5.74, 6) is 0. The van der Waals surface area contributed by atoms with Crippen LogP contribution in [0.15, 0.2) is 24.3 Å². The van der Waals surface area contributed by atoms with Crippen molar-refractivity contribution in [1.82, 2.24) is 20.2 Å². The number of nitrogens with zero attached hydrogens (tertiary/aromatic N) is 3. The van der Waals surface area contributed by atoms with Crippen LogP contribution in [0.1, 0.15) is 24.1 Å². The van der Waals surface area contributed by atoms with Gasteiger partial charge < -0.3 is 0 Å². The van der Waals surface area contributed by atoms with Gasteiger partial charge in [-0.15, -0.1) is 0 Å². The quantitative estimate of drug-likeness (QED) is 0.790. The normalized spacial score (nSPS) is 12.7. The summed E-state index contributed by atoms with van der Waals surface area (Å²) in [4.78, 5) is 0. The maximum Gasteiger partial charge on any atom is 0.238 e. The van der Waals surface area contributed by atoms with Crippen molar-refractivity contribution in [1.29, 1.82) is 0 Å². The molecule has 0 aliphatic heterocycles. The monoisotopic (exact) mass is 220 g/mol. The number of H-pyrrole nitrogens is 1. The van der Waals surface area contributed by atoms with Crippen molar-refractivity contribution < 1.29 is 0 Å². The molecule has 78 valence electrons.